The lowest BCUT2D eigenvalue weighted by molar-refractivity contribution is -0.137. The van der Waals surface area contributed by atoms with Gasteiger partial charge in [-0.1, -0.05) is 23.7 Å². The van der Waals surface area contributed by atoms with Crippen LogP contribution >= 0.6 is 22.9 Å². The van der Waals surface area contributed by atoms with E-state index in [2.05, 4.69) is 10.6 Å². The second-order valence-electron chi connectivity index (χ2n) is 8.64. The number of piperidine rings is 1. The Bertz CT molecular complexity index is 1320. The van der Waals surface area contributed by atoms with E-state index in [-0.39, 0.29) is 29.2 Å². The zero-order valence-corrected chi connectivity index (χ0v) is 22.0. The Morgan fingerprint density at radius 2 is 1.68 bits per heavy atom. The minimum absolute atomic E-state index is 0.0360. The third-order valence-electron chi connectivity index (χ3n) is 6.07. The summed E-state index contributed by atoms with van der Waals surface area (Å²) < 4.78 is 67.8. The molecule has 0 radical (unpaired) electrons. The van der Waals surface area contributed by atoms with Crippen LogP contribution in [0.4, 0.5) is 13.2 Å². The van der Waals surface area contributed by atoms with Crippen LogP contribution in [0.25, 0.3) is 0 Å². The highest BCUT2D eigenvalue weighted by Gasteiger charge is 2.34. The molecule has 3 aromatic rings. The Morgan fingerprint density at radius 1 is 1.03 bits per heavy atom. The molecule has 12 heteroatoms. The molecule has 6 nitrogen and oxygen atoms in total. The molecule has 1 amide bonds. The van der Waals surface area contributed by atoms with E-state index in [1.54, 1.807) is 30.3 Å². The van der Waals surface area contributed by atoms with Gasteiger partial charge in [-0.25, -0.2) is 8.42 Å². The Morgan fingerprint density at radius 3 is 2.30 bits per heavy atom. The van der Waals surface area contributed by atoms with Crippen LogP contribution in [0.2, 0.25) is 5.02 Å². The summed E-state index contributed by atoms with van der Waals surface area (Å²) in [6.45, 7) is 1.41. The van der Waals surface area contributed by atoms with Gasteiger partial charge in [0.15, 0.2) is 0 Å². The molecule has 0 aliphatic carbocycles. The molecule has 1 aliphatic rings. The number of sulfonamides is 1. The van der Waals surface area contributed by atoms with Gasteiger partial charge in [0.25, 0.3) is 15.9 Å². The maximum absolute atomic E-state index is 13.7. The summed E-state index contributed by atoms with van der Waals surface area (Å²) in [5, 5.41) is 6.49. The first-order chi connectivity index (χ1) is 17.5. The first-order valence-corrected chi connectivity index (χ1v) is 14.2. The summed E-state index contributed by atoms with van der Waals surface area (Å²) in [5.41, 5.74) is 0.126. The second kappa shape index (κ2) is 11.5. The van der Waals surface area contributed by atoms with Crippen molar-refractivity contribution in [2.24, 2.45) is 0 Å². The van der Waals surface area contributed by atoms with E-state index in [9.17, 15) is 26.4 Å². The Labute approximate surface area is 222 Å². The second-order valence-corrected chi connectivity index (χ2v) is 12.4. The van der Waals surface area contributed by atoms with Crippen LogP contribution in [-0.4, -0.2) is 37.8 Å². The average molecular weight is 572 g/mol. The summed E-state index contributed by atoms with van der Waals surface area (Å²) in [5.74, 6) is -0.312. The molecular formula is C25H25ClF3N3O3S2. The predicted octanol–water partition coefficient (Wildman–Crippen LogP) is 5.29. The summed E-state index contributed by atoms with van der Waals surface area (Å²) in [6, 6.07) is 13.9. The van der Waals surface area contributed by atoms with Gasteiger partial charge in [0, 0.05) is 28.0 Å². The zero-order valence-electron chi connectivity index (χ0n) is 19.6. The predicted molar refractivity (Wildman–Crippen MR) is 137 cm³/mol. The van der Waals surface area contributed by atoms with Crippen molar-refractivity contribution in [1.82, 2.24) is 14.9 Å². The minimum atomic E-state index is -4.46. The molecule has 1 fully saturated rings. The fourth-order valence-corrected chi connectivity index (χ4v) is 7.29. The van der Waals surface area contributed by atoms with Gasteiger partial charge in [0.05, 0.1) is 12.1 Å². The zero-order chi connectivity index (χ0) is 26.6. The van der Waals surface area contributed by atoms with Crippen LogP contribution in [0.15, 0.2) is 64.9 Å². The summed E-state index contributed by atoms with van der Waals surface area (Å²) in [7, 11) is -3.94. The first kappa shape index (κ1) is 27.6. The monoisotopic (exact) mass is 571 g/mol. The van der Waals surface area contributed by atoms with Crippen molar-refractivity contribution in [3.8, 4) is 0 Å². The van der Waals surface area contributed by atoms with Crippen molar-refractivity contribution < 1.29 is 26.4 Å². The molecule has 0 atom stereocenters. The lowest BCUT2D eigenvalue weighted by Crippen LogP contribution is -2.45. The van der Waals surface area contributed by atoms with Gasteiger partial charge in [-0.3, -0.25) is 4.79 Å². The van der Waals surface area contributed by atoms with E-state index in [1.165, 1.54) is 22.5 Å². The quantitative estimate of drug-likeness (QED) is 0.385. The molecule has 1 aliphatic heterocycles. The van der Waals surface area contributed by atoms with E-state index in [1.807, 2.05) is 0 Å². The van der Waals surface area contributed by atoms with Gasteiger partial charge < -0.3 is 10.6 Å². The molecule has 37 heavy (non-hydrogen) atoms. The molecule has 0 saturated carbocycles. The number of carbonyl (C=O) groups is 1. The largest absolute Gasteiger partial charge is 0.416 e. The Kier molecular flexibility index (Phi) is 8.59. The number of halogens is 4. The fraction of sp³-hybridized carbons (Fsp3) is 0.320. The van der Waals surface area contributed by atoms with Crippen molar-refractivity contribution in [3.63, 3.8) is 0 Å². The standard InChI is InChI=1S/C25H25ClF3N3O3S2/c26-20-7-3-18(4-8-20)24(33)31-15-22-9-10-23(36-22)37(34,35)32(21-11-13-30-14-12-21)16-17-1-5-19(6-2-17)25(27,28)29/h1-10,21,30H,11-16H2,(H,31,33). The third kappa shape index (κ3) is 6.91. The number of rotatable bonds is 8. The molecule has 2 aromatic carbocycles. The number of hydrogen-bond donors (Lipinski definition) is 2. The normalized spacial score (nSPS) is 15.2. The number of hydrogen-bond acceptors (Lipinski definition) is 5. The maximum atomic E-state index is 13.7. The van der Waals surface area contributed by atoms with E-state index in [0.717, 1.165) is 23.5 Å². The Balaban J connectivity index is 1.51. The van der Waals surface area contributed by atoms with Crippen molar-refractivity contribution in [2.45, 2.75) is 42.4 Å². The molecule has 2 heterocycles. The van der Waals surface area contributed by atoms with Crippen LogP contribution in [0.1, 0.15) is 39.2 Å². The first-order valence-electron chi connectivity index (χ1n) is 11.6. The van der Waals surface area contributed by atoms with Gasteiger partial charge in [-0.15, -0.1) is 11.3 Å². The van der Waals surface area contributed by atoms with E-state index in [0.29, 0.717) is 47.0 Å². The van der Waals surface area contributed by atoms with Crippen LogP contribution in [0, 0.1) is 0 Å². The summed E-state index contributed by atoms with van der Waals surface area (Å²) in [4.78, 5) is 13.0. The van der Waals surface area contributed by atoms with Crippen molar-refractivity contribution in [1.29, 1.82) is 0 Å². The molecule has 0 bridgehead atoms. The molecule has 0 unspecified atom stereocenters. The SMILES string of the molecule is O=C(NCc1ccc(S(=O)(=O)N(Cc2ccc(C(F)(F)F)cc2)C2CCNCC2)s1)c1ccc(Cl)cc1. The van der Waals surface area contributed by atoms with E-state index in [4.69, 9.17) is 11.6 Å². The molecule has 1 aromatic heterocycles. The van der Waals surface area contributed by atoms with Crippen LogP contribution in [0.3, 0.4) is 0 Å². The van der Waals surface area contributed by atoms with Crippen LogP contribution in [0.5, 0.6) is 0 Å². The molecule has 198 valence electrons. The van der Waals surface area contributed by atoms with E-state index < -0.39 is 21.8 Å². The molecule has 2 N–H and O–H groups in total. The van der Waals surface area contributed by atoms with Gasteiger partial charge in [-0.05, 0) is 80.0 Å². The number of nitrogens with zero attached hydrogens (tertiary/aromatic N) is 1. The summed E-state index contributed by atoms with van der Waals surface area (Å²) >= 11 is 6.91. The highest BCUT2D eigenvalue weighted by atomic mass is 35.5. The molecular weight excluding hydrogens is 547 g/mol. The topological polar surface area (TPSA) is 78.5 Å². The minimum Gasteiger partial charge on any atom is -0.347 e. The average Bonchev–Trinajstić information content (AvgIpc) is 3.36. The van der Waals surface area contributed by atoms with Crippen molar-refractivity contribution in [2.75, 3.05) is 13.1 Å². The fourth-order valence-electron chi connectivity index (χ4n) is 4.06. The Hall–Kier alpha value is -2.44. The maximum Gasteiger partial charge on any atom is 0.416 e. The van der Waals surface area contributed by atoms with Crippen molar-refractivity contribution in [3.05, 3.63) is 87.3 Å². The molecule has 4 rings (SSSR count). The van der Waals surface area contributed by atoms with Gasteiger partial charge in [0.1, 0.15) is 4.21 Å². The number of amides is 1. The van der Waals surface area contributed by atoms with Gasteiger partial charge in [-0.2, -0.15) is 17.5 Å². The summed E-state index contributed by atoms with van der Waals surface area (Å²) in [6.07, 6.45) is -3.28. The lowest BCUT2D eigenvalue weighted by Gasteiger charge is -2.33. The van der Waals surface area contributed by atoms with Gasteiger partial charge in [0.2, 0.25) is 0 Å². The third-order valence-corrected chi connectivity index (χ3v) is 9.77. The van der Waals surface area contributed by atoms with Crippen molar-refractivity contribution >= 4 is 38.9 Å². The number of alkyl halides is 3. The van der Waals surface area contributed by atoms with Crippen LogP contribution < -0.4 is 10.6 Å². The van der Waals surface area contributed by atoms with E-state index >= 15 is 0 Å². The highest BCUT2D eigenvalue weighted by Crippen LogP contribution is 2.32. The number of thiophene rings is 1. The smallest absolute Gasteiger partial charge is 0.347 e. The molecule has 1 saturated heterocycles. The van der Waals surface area contributed by atoms with Gasteiger partial charge >= 0.3 is 6.18 Å². The highest BCUT2D eigenvalue weighted by molar-refractivity contribution is 7.91. The molecule has 0 spiro atoms. The number of benzene rings is 2. The van der Waals surface area contributed by atoms with Crippen LogP contribution in [-0.2, 0) is 29.3 Å². The number of nitrogens with one attached hydrogen (secondary N) is 2. The lowest BCUT2D eigenvalue weighted by atomic mass is 10.1. The number of carbonyl (C=O) groups excluding carboxylic acids is 1.